The number of amides is 1. The summed E-state index contributed by atoms with van der Waals surface area (Å²) in [5, 5.41) is 2.99. The summed E-state index contributed by atoms with van der Waals surface area (Å²) in [5.74, 6) is 1.09. The molecule has 0 saturated heterocycles. The Morgan fingerprint density at radius 3 is 2.54 bits per heavy atom. The Balaban J connectivity index is 1.95. The number of pyridine rings is 1. The molecule has 0 atom stereocenters. The minimum atomic E-state index is -0.187. The lowest BCUT2D eigenvalue weighted by molar-refractivity contribution is 0.102. The fraction of sp³-hybridized carbons (Fsp3) is 0.364. The number of imidazole rings is 1. The summed E-state index contributed by atoms with van der Waals surface area (Å²) < 4.78 is 13.1. The van der Waals surface area contributed by atoms with E-state index in [0.29, 0.717) is 36.1 Å². The van der Waals surface area contributed by atoms with Crippen molar-refractivity contribution in [2.24, 2.45) is 0 Å². The van der Waals surface area contributed by atoms with Crippen LogP contribution in [0.5, 0.6) is 11.5 Å². The molecule has 0 saturated carbocycles. The van der Waals surface area contributed by atoms with Gasteiger partial charge in [-0.3, -0.25) is 9.20 Å². The highest BCUT2D eigenvalue weighted by Crippen LogP contribution is 2.31. The zero-order valence-electron chi connectivity index (χ0n) is 16.9. The molecule has 0 fully saturated rings. The average molecular weight is 381 g/mol. The molecule has 6 heteroatoms. The molecule has 0 aliphatic carbocycles. The van der Waals surface area contributed by atoms with Gasteiger partial charge in [-0.15, -0.1) is 0 Å². The molecule has 1 aromatic carbocycles. The van der Waals surface area contributed by atoms with E-state index in [4.69, 9.17) is 9.47 Å². The molecule has 0 aliphatic rings. The van der Waals surface area contributed by atoms with E-state index in [1.54, 1.807) is 6.07 Å². The van der Waals surface area contributed by atoms with Gasteiger partial charge in [-0.05, 0) is 51.0 Å². The number of nitrogens with one attached hydrogen (secondary N) is 1. The van der Waals surface area contributed by atoms with E-state index in [9.17, 15) is 4.79 Å². The molecule has 0 spiro atoms. The zero-order valence-corrected chi connectivity index (χ0v) is 16.9. The van der Waals surface area contributed by atoms with Crippen LogP contribution < -0.4 is 14.8 Å². The Morgan fingerprint density at radius 2 is 1.82 bits per heavy atom. The number of rotatable bonds is 8. The van der Waals surface area contributed by atoms with Gasteiger partial charge in [0.15, 0.2) is 11.5 Å². The van der Waals surface area contributed by atoms with Gasteiger partial charge in [0.25, 0.3) is 5.91 Å². The molecule has 2 aromatic heterocycles. The molecular formula is C22H27N3O3. The maximum absolute atomic E-state index is 13.1. The minimum absolute atomic E-state index is 0.187. The number of carbonyl (C=O) groups is 1. The Kier molecular flexibility index (Phi) is 6.19. The summed E-state index contributed by atoms with van der Waals surface area (Å²) in [6, 6.07) is 9.37. The van der Waals surface area contributed by atoms with Crippen LogP contribution in [0.3, 0.4) is 0 Å². The number of carbonyl (C=O) groups excluding carboxylic acids is 1. The Labute approximate surface area is 165 Å². The van der Waals surface area contributed by atoms with Crippen LogP contribution in [0.2, 0.25) is 0 Å². The lowest BCUT2D eigenvalue weighted by Crippen LogP contribution is -2.16. The van der Waals surface area contributed by atoms with Crippen LogP contribution in [-0.2, 0) is 6.42 Å². The monoisotopic (exact) mass is 381 g/mol. The van der Waals surface area contributed by atoms with Crippen molar-refractivity contribution in [1.29, 1.82) is 0 Å². The lowest BCUT2D eigenvalue weighted by Gasteiger charge is -2.13. The summed E-state index contributed by atoms with van der Waals surface area (Å²) in [5.41, 5.74) is 3.89. The van der Waals surface area contributed by atoms with Crippen molar-refractivity contribution in [2.45, 2.75) is 40.5 Å². The molecule has 148 valence electrons. The van der Waals surface area contributed by atoms with Gasteiger partial charge in [0.05, 0.1) is 18.9 Å². The van der Waals surface area contributed by atoms with E-state index in [-0.39, 0.29) is 5.91 Å². The summed E-state index contributed by atoms with van der Waals surface area (Å²) in [7, 11) is 0. The van der Waals surface area contributed by atoms with Gasteiger partial charge >= 0.3 is 0 Å². The molecule has 1 amide bonds. The Hall–Kier alpha value is -3.02. The predicted octanol–water partition coefficient (Wildman–Crippen LogP) is 4.64. The number of anilines is 1. The van der Waals surface area contributed by atoms with Crippen molar-refractivity contribution in [3.8, 4) is 11.5 Å². The first kappa shape index (κ1) is 19.7. The van der Waals surface area contributed by atoms with Crippen molar-refractivity contribution >= 4 is 17.2 Å². The highest BCUT2D eigenvalue weighted by Gasteiger charge is 2.19. The van der Waals surface area contributed by atoms with Crippen LogP contribution in [0.25, 0.3) is 5.65 Å². The average Bonchev–Trinajstić information content (AvgIpc) is 3.01. The van der Waals surface area contributed by atoms with E-state index in [2.05, 4.69) is 17.2 Å². The van der Waals surface area contributed by atoms with Gasteiger partial charge < -0.3 is 14.8 Å². The molecule has 0 radical (unpaired) electrons. The number of nitrogens with zero attached hydrogens (tertiary/aromatic N) is 2. The van der Waals surface area contributed by atoms with Gasteiger partial charge in [0.1, 0.15) is 11.3 Å². The molecule has 1 N–H and O–H groups in total. The smallest absolute Gasteiger partial charge is 0.274 e. The molecule has 28 heavy (non-hydrogen) atoms. The second kappa shape index (κ2) is 8.78. The van der Waals surface area contributed by atoms with Crippen LogP contribution in [-0.4, -0.2) is 28.5 Å². The second-order valence-electron chi connectivity index (χ2n) is 6.57. The Bertz CT molecular complexity index is 979. The van der Waals surface area contributed by atoms with Crippen LogP contribution in [0.15, 0.2) is 36.5 Å². The third-order valence-electron chi connectivity index (χ3n) is 4.34. The van der Waals surface area contributed by atoms with Crippen molar-refractivity contribution < 1.29 is 14.3 Å². The first-order chi connectivity index (χ1) is 13.6. The van der Waals surface area contributed by atoms with Gasteiger partial charge in [-0.25, -0.2) is 4.98 Å². The standard InChI is InChI=1S/C22H27N3O3/c1-5-8-17-21(25-14-15(4)9-12-20(25)24-17)22(26)23-16-10-11-18(27-6-2)19(13-16)28-7-3/h9-14H,5-8H2,1-4H3,(H,23,26). The number of fused-ring (bicyclic) bond motifs is 1. The summed E-state index contributed by atoms with van der Waals surface area (Å²) >= 11 is 0. The second-order valence-corrected chi connectivity index (χ2v) is 6.57. The molecule has 6 nitrogen and oxygen atoms in total. The fourth-order valence-electron chi connectivity index (χ4n) is 3.17. The molecule has 3 rings (SSSR count). The number of hydrogen-bond acceptors (Lipinski definition) is 4. The number of aryl methyl sites for hydroxylation is 2. The first-order valence-corrected chi connectivity index (χ1v) is 9.75. The molecular weight excluding hydrogens is 354 g/mol. The van der Waals surface area contributed by atoms with Gasteiger partial charge in [0, 0.05) is 18.0 Å². The molecule has 3 aromatic rings. The fourth-order valence-corrected chi connectivity index (χ4v) is 3.17. The van der Waals surface area contributed by atoms with E-state index < -0.39 is 0 Å². The largest absolute Gasteiger partial charge is 0.490 e. The van der Waals surface area contributed by atoms with Crippen molar-refractivity contribution in [3.63, 3.8) is 0 Å². The topological polar surface area (TPSA) is 64.9 Å². The number of aromatic nitrogens is 2. The number of ether oxygens (including phenoxy) is 2. The highest BCUT2D eigenvalue weighted by molar-refractivity contribution is 6.04. The lowest BCUT2D eigenvalue weighted by atomic mass is 10.2. The minimum Gasteiger partial charge on any atom is -0.490 e. The molecule has 0 aliphatic heterocycles. The van der Waals surface area contributed by atoms with Gasteiger partial charge in [-0.1, -0.05) is 19.4 Å². The summed E-state index contributed by atoms with van der Waals surface area (Å²) in [6.45, 7) is 8.99. The number of benzene rings is 1. The van der Waals surface area contributed by atoms with E-state index in [1.807, 2.05) is 55.6 Å². The van der Waals surface area contributed by atoms with Crippen LogP contribution in [0.4, 0.5) is 5.69 Å². The zero-order chi connectivity index (χ0) is 20.1. The van der Waals surface area contributed by atoms with Crippen LogP contribution >= 0.6 is 0 Å². The maximum Gasteiger partial charge on any atom is 0.274 e. The highest BCUT2D eigenvalue weighted by atomic mass is 16.5. The first-order valence-electron chi connectivity index (χ1n) is 9.75. The maximum atomic E-state index is 13.1. The van der Waals surface area contributed by atoms with Crippen molar-refractivity contribution in [3.05, 3.63) is 53.5 Å². The SMILES string of the molecule is CCCc1nc2ccc(C)cn2c1C(=O)Nc1ccc(OCC)c(OCC)c1. The van der Waals surface area contributed by atoms with Crippen LogP contribution in [0.1, 0.15) is 48.9 Å². The molecule has 0 bridgehead atoms. The number of hydrogen-bond donors (Lipinski definition) is 1. The third kappa shape index (κ3) is 4.11. The van der Waals surface area contributed by atoms with E-state index in [0.717, 1.165) is 29.7 Å². The van der Waals surface area contributed by atoms with Crippen LogP contribution in [0, 0.1) is 6.92 Å². The summed E-state index contributed by atoms with van der Waals surface area (Å²) in [6.07, 6.45) is 3.61. The quantitative estimate of drug-likeness (QED) is 0.617. The Morgan fingerprint density at radius 1 is 1.07 bits per heavy atom. The molecule has 2 heterocycles. The predicted molar refractivity (Wildman–Crippen MR) is 111 cm³/mol. The third-order valence-corrected chi connectivity index (χ3v) is 4.34. The van der Waals surface area contributed by atoms with Crippen molar-refractivity contribution in [2.75, 3.05) is 18.5 Å². The van der Waals surface area contributed by atoms with Gasteiger partial charge in [0.2, 0.25) is 0 Å². The normalized spacial score (nSPS) is 10.9. The van der Waals surface area contributed by atoms with E-state index in [1.165, 1.54) is 0 Å². The van der Waals surface area contributed by atoms with Crippen molar-refractivity contribution in [1.82, 2.24) is 9.38 Å². The molecule has 0 unspecified atom stereocenters. The van der Waals surface area contributed by atoms with Gasteiger partial charge in [-0.2, -0.15) is 0 Å². The summed E-state index contributed by atoms with van der Waals surface area (Å²) in [4.78, 5) is 17.8. The van der Waals surface area contributed by atoms with E-state index >= 15 is 0 Å².